The number of imidazole rings is 1. The summed E-state index contributed by atoms with van der Waals surface area (Å²) in [5, 5.41) is 11.4. The molecule has 1 rings (SSSR count). The lowest BCUT2D eigenvalue weighted by Gasteiger charge is -2.16. The van der Waals surface area contributed by atoms with Crippen molar-refractivity contribution in [2.24, 2.45) is 5.73 Å². The van der Waals surface area contributed by atoms with Gasteiger partial charge in [0, 0.05) is 18.3 Å². The number of hydrogen-bond donors (Lipinski definition) is 4. The van der Waals surface area contributed by atoms with E-state index in [-0.39, 0.29) is 6.42 Å². The third kappa shape index (κ3) is 3.87. The molecule has 1 amide bonds. The molecule has 0 fully saturated rings. The first kappa shape index (κ1) is 13.2. The van der Waals surface area contributed by atoms with Gasteiger partial charge in [0.05, 0.1) is 12.4 Å². The van der Waals surface area contributed by atoms with Gasteiger partial charge in [-0.3, -0.25) is 4.79 Å². The fraction of sp³-hybridized carbons (Fsp3) is 0.500. The Morgan fingerprint density at radius 1 is 1.65 bits per heavy atom. The molecule has 0 saturated heterocycles. The van der Waals surface area contributed by atoms with E-state index >= 15 is 0 Å². The Hall–Kier alpha value is -1.89. The number of nitrogens with zero attached hydrogens (tertiary/aromatic N) is 1. The van der Waals surface area contributed by atoms with E-state index in [0.29, 0.717) is 12.1 Å². The molecule has 0 aliphatic rings. The number of nitrogens with one attached hydrogen (secondary N) is 2. The molecule has 1 unspecified atom stereocenters. The van der Waals surface area contributed by atoms with Crippen LogP contribution in [0.5, 0.6) is 0 Å². The average molecular weight is 240 g/mol. The van der Waals surface area contributed by atoms with E-state index in [1.165, 1.54) is 12.5 Å². The van der Waals surface area contributed by atoms with Gasteiger partial charge in [-0.05, 0) is 6.42 Å². The second-order valence-corrected chi connectivity index (χ2v) is 3.70. The second-order valence-electron chi connectivity index (χ2n) is 3.70. The lowest BCUT2D eigenvalue weighted by molar-refractivity contribution is -0.142. The topological polar surface area (TPSA) is 121 Å². The third-order valence-electron chi connectivity index (χ3n) is 2.37. The molecule has 1 aromatic heterocycles. The maximum atomic E-state index is 11.5. The van der Waals surface area contributed by atoms with Gasteiger partial charge in [-0.1, -0.05) is 6.92 Å². The molecule has 1 heterocycles. The number of rotatable bonds is 6. The lowest BCUT2D eigenvalue weighted by atomic mass is 10.1. The first-order valence-corrected chi connectivity index (χ1v) is 5.30. The molecular formula is C10H16N4O3. The van der Waals surface area contributed by atoms with Crippen molar-refractivity contribution in [3.63, 3.8) is 0 Å². The maximum Gasteiger partial charge on any atom is 0.326 e. The Bertz CT molecular complexity index is 377. The molecule has 7 nitrogen and oxygen atoms in total. The zero-order chi connectivity index (χ0) is 12.8. The van der Waals surface area contributed by atoms with Crippen molar-refractivity contribution in [1.29, 1.82) is 0 Å². The SMILES string of the molecule is CC[C@H](N)C(=O)NC(Cc1cnc[nH]1)C(=O)O. The minimum absolute atomic E-state index is 0.150. The molecule has 0 radical (unpaired) electrons. The van der Waals surface area contributed by atoms with E-state index in [1.54, 1.807) is 6.92 Å². The fourth-order valence-corrected chi connectivity index (χ4v) is 1.28. The van der Waals surface area contributed by atoms with E-state index in [1.807, 2.05) is 0 Å². The van der Waals surface area contributed by atoms with Crippen molar-refractivity contribution < 1.29 is 14.7 Å². The summed E-state index contributed by atoms with van der Waals surface area (Å²) < 4.78 is 0. The number of carbonyl (C=O) groups is 2. The van der Waals surface area contributed by atoms with Crippen molar-refractivity contribution in [3.05, 3.63) is 18.2 Å². The number of aromatic nitrogens is 2. The first-order chi connectivity index (χ1) is 8.04. The zero-order valence-electron chi connectivity index (χ0n) is 9.51. The van der Waals surface area contributed by atoms with Crippen molar-refractivity contribution in [2.45, 2.75) is 31.8 Å². The van der Waals surface area contributed by atoms with Crippen LogP contribution in [0, 0.1) is 0 Å². The predicted octanol–water partition coefficient (Wildman–Crippen LogP) is -0.741. The summed E-state index contributed by atoms with van der Waals surface area (Å²) in [6.45, 7) is 1.76. The van der Waals surface area contributed by atoms with Gasteiger partial charge in [-0.2, -0.15) is 0 Å². The summed E-state index contributed by atoms with van der Waals surface area (Å²) in [5.41, 5.74) is 6.15. The van der Waals surface area contributed by atoms with Gasteiger partial charge < -0.3 is 21.1 Å². The molecule has 0 aromatic carbocycles. The minimum Gasteiger partial charge on any atom is -0.480 e. The first-order valence-electron chi connectivity index (χ1n) is 5.30. The number of carboxylic acid groups (broad SMARTS) is 1. The number of hydrogen-bond acceptors (Lipinski definition) is 4. The summed E-state index contributed by atoms with van der Waals surface area (Å²) >= 11 is 0. The smallest absolute Gasteiger partial charge is 0.326 e. The molecule has 1 aromatic rings. The summed E-state index contributed by atoms with van der Waals surface area (Å²) in [4.78, 5) is 29.0. The van der Waals surface area contributed by atoms with Crippen LogP contribution >= 0.6 is 0 Å². The molecule has 17 heavy (non-hydrogen) atoms. The minimum atomic E-state index is -1.10. The highest BCUT2D eigenvalue weighted by Gasteiger charge is 2.23. The Balaban J connectivity index is 2.61. The molecule has 0 aliphatic heterocycles. The third-order valence-corrected chi connectivity index (χ3v) is 2.37. The van der Waals surface area contributed by atoms with Crippen LogP contribution in [-0.4, -0.2) is 39.0 Å². The van der Waals surface area contributed by atoms with E-state index in [2.05, 4.69) is 15.3 Å². The second kappa shape index (κ2) is 6.00. The van der Waals surface area contributed by atoms with Crippen molar-refractivity contribution in [1.82, 2.24) is 15.3 Å². The number of aromatic amines is 1. The maximum absolute atomic E-state index is 11.5. The normalized spacial score (nSPS) is 14.0. The van der Waals surface area contributed by atoms with Gasteiger partial charge in [0.1, 0.15) is 6.04 Å². The molecule has 0 aliphatic carbocycles. The van der Waals surface area contributed by atoms with Crippen LogP contribution in [-0.2, 0) is 16.0 Å². The van der Waals surface area contributed by atoms with Crippen LogP contribution < -0.4 is 11.1 Å². The van der Waals surface area contributed by atoms with Crippen molar-refractivity contribution in [3.8, 4) is 0 Å². The van der Waals surface area contributed by atoms with Crippen LogP contribution in [0.3, 0.4) is 0 Å². The highest BCUT2D eigenvalue weighted by Crippen LogP contribution is 1.99. The van der Waals surface area contributed by atoms with Crippen LogP contribution in [0.1, 0.15) is 19.0 Å². The van der Waals surface area contributed by atoms with Crippen LogP contribution in [0.15, 0.2) is 12.5 Å². The van der Waals surface area contributed by atoms with Crippen molar-refractivity contribution in [2.75, 3.05) is 0 Å². The van der Waals surface area contributed by atoms with Gasteiger partial charge in [-0.15, -0.1) is 0 Å². The fourth-order valence-electron chi connectivity index (χ4n) is 1.28. The Morgan fingerprint density at radius 2 is 2.35 bits per heavy atom. The number of H-pyrrole nitrogens is 1. The van der Waals surface area contributed by atoms with E-state index < -0.39 is 24.0 Å². The zero-order valence-corrected chi connectivity index (χ0v) is 9.51. The van der Waals surface area contributed by atoms with Gasteiger partial charge in [0.2, 0.25) is 5.91 Å². The molecule has 0 spiro atoms. The monoisotopic (exact) mass is 240 g/mol. The van der Waals surface area contributed by atoms with Gasteiger partial charge in [0.15, 0.2) is 0 Å². The molecule has 5 N–H and O–H groups in total. The Kier molecular flexibility index (Phi) is 4.65. The largest absolute Gasteiger partial charge is 0.480 e. The summed E-state index contributed by atoms with van der Waals surface area (Å²) in [6.07, 6.45) is 3.58. The quantitative estimate of drug-likeness (QED) is 0.521. The molecule has 7 heteroatoms. The van der Waals surface area contributed by atoms with E-state index in [4.69, 9.17) is 10.8 Å². The Labute approximate surface area is 98.4 Å². The number of carbonyl (C=O) groups excluding carboxylic acids is 1. The van der Waals surface area contributed by atoms with Gasteiger partial charge in [-0.25, -0.2) is 9.78 Å². The number of amides is 1. The van der Waals surface area contributed by atoms with Crippen LogP contribution in [0.4, 0.5) is 0 Å². The number of aliphatic carboxylic acids is 1. The van der Waals surface area contributed by atoms with Crippen LogP contribution in [0.2, 0.25) is 0 Å². The van der Waals surface area contributed by atoms with E-state index in [0.717, 1.165) is 0 Å². The Morgan fingerprint density at radius 3 is 2.82 bits per heavy atom. The molecule has 2 atom stereocenters. The van der Waals surface area contributed by atoms with Gasteiger partial charge in [0.25, 0.3) is 0 Å². The highest BCUT2D eigenvalue weighted by atomic mass is 16.4. The van der Waals surface area contributed by atoms with Crippen LogP contribution in [0.25, 0.3) is 0 Å². The summed E-state index contributed by atoms with van der Waals surface area (Å²) in [7, 11) is 0. The molecule has 0 bridgehead atoms. The molecular weight excluding hydrogens is 224 g/mol. The molecule has 0 saturated carbocycles. The lowest BCUT2D eigenvalue weighted by Crippen LogP contribution is -2.49. The molecule has 94 valence electrons. The van der Waals surface area contributed by atoms with E-state index in [9.17, 15) is 9.59 Å². The number of nitrogens with two attached hydrogens (primary N) is 1. The number of carboxylic acids is 1. The average Bonchev–Trinajstić information content (AvgIpc) is 2.79. The standard InChI is InChI=1S/C10H16N4O3/c1-2-7(11)9(15)14-8(10(16)17)3-6-4-12-5-13-6/h4-5,7-8H,2-3,11H2,1H3,(H,12,13)(H,14,15)(H,16,17)/t7-,8?/m0/s1. The highest BCUT2D eigenvalue weighted by molar-refractivity contribution is 5.86. The van der Waals surface area contributed by atoms with Gasteiger partial charge >= 0.3 is 5.97 Å². The summed E-state index contributed by atoms with van der Waals surface area (Å²) in [5.74, 6) is -1.56. The predicted molar refractivity (Wildman–Crippen MR) is 60.1 cm³/mol. The van der Waals surface area contributed by atoms with Crippen molar-refractivity contribution >= 4 is 11.9 Å². The summed E-state index contributed by atoms with van der Waals surface area (Å²) in [6, 6.07) is -1.68.